The maximum atomic E-state index is 12.4. The molecule has 1 aromatic carbocycles. The number of hydrogen-bond donors (Lipinski definition) is 1. The van der Waals surface area contributed by atoms with Gasteiger partial charge in [0.25, 0.3) is 0 Å². The van der Waals surface area contributed by atoms with E-state index in [-0.39, 0.29) is 23.7 Å². The van der Waals surface area contributed by atoms with Crippen LogP contribution in [-0.2, 0) is 11.4 Å². The number of rotatable bonds is 8. The molecule has 0 radical (unpaired) electrons. The largest absolute Gasteiger partial charge is 0.485 e. The van der Waals surface area contributed by atoms with Gasteiger partial charge in [0.05, 0.1) is 5.25 Å². The molecule has 0 spiro atoms. The summed E-state index contributed by atoms with van der Waals surface area (Å²) in [6, 6.07) is 6.19. The summed E-state index contributed by atoms with van der Waals surface area (Å²) in [5.41, 5.74) is 2.27. The third kappa shape index (κ3) is 5.19. The molecule has 2 aromatic rings. The predicted octanol–water partition coefficient (Wildman–Crippen LogP) is 3.21. The molecule has 0 bridgehead atoms. The highest BCUT2D eigenvalue weighted by molar-refractivity contribution is 8.00. The number of hydrogen-bond acceptors (Lipinski definition) is 6. The minimum Gasteiger partial charge on any atom is -0.485 e. The molecule has 1 atom stereocenters. The molecule has 0 fully saturated rings. The van der Waals surface area contributed by atoms with Gasteiger partial charge in [-0.2, -0.15) is 0 Å². The summed E-state index contributed by atoms with van der Waals surface area (Å²) in [6.07, 6.45) is 0. The van der Waals surface area contributed by atoms with Crippen LogP contribution in [0.2, 0.25) is 0 Å². The number of nitrogens with two attached hydrogens (primary N) is 1. The third-order valence-electron chi connectivity index (χ3n) is 4.41. The Morgan fingerprint density at radius 3 is 2.50 bits per heavy atom. The zero-order chi connectivity index (χ0) is 21.0. The number of ether oxygens (including phenoxy) is 1. The van der Waals surface area contributed by atoms with Crippen molar-refractivity contribution in [3.05, 3.63) is 35.2 Å². The van der Waals surface area contributed by atoms with Crippen LogP contribution in [0, 0.1) is 12.8 Å². The number of aromatic nitrogens is 3. The van der Waals surface area contributed by atoms with Gasteiger partial charge in [-0.05, 0) is 36.0 Å². The Morgan fingerprint density at radius 2 is 1.93 bits per heavy atom. The zero-order valence-corrected chi connectivity index (χ0v) is 18.6. The lowest BCUT2D eigenvalue weighted by atomic mass is 10.0. The van der Waals surface area contributed by atoms with Gasteiger partial charge < -0.3 is 15.5 Å². The Bertz CT molecular complexity index is 817. The molecule has 2 rings (SSSR count). The van der Waals surface area contributed by atoms with Crippen molar-refractivity contribution >= 4 is 17.7 Å². The first kappa shape index (κ1) is 22.1. The molecule has 0 aliphatic heterocycles. The molecule has 1 amide bonds. The van der Waals surface area contributed by atoms with Crippen LogP contribution in [0.15, 0.2) is 23.4 Å². The molecule has 2 N–H and O–H groups in total. The van der Waals surface area contributed by atoms with E-state index in [0.29, 0.717) is 16.9 Å². The summed E-state index contributed by atoms with van der Waals surface area (Å²) < 4.78 is 7.42. The molecule has 1 unspecified atom stereocenters. The van der Waals surface area contributed by atoms with E-state index in [1.807, 2.05) is 26.8 Å². The highest BCUT2D eigenvalue weighted by Gasteiger charge is 2.27. The highest BCUT2D eigenvalue weighted by atomic mass is 32.2. The third-order valence-corrected chi connectivity index (χ3v) is 5.89. The lowest BCUT2D eigenvalue weighted by molar-refractivity contribution is -0.128. The first-order valence-corrected chi connectivity index (χ1v) is 10.3. The van der Waals surface area contributed by atoms with Gasteiger partial charge in [-0.25, -0.2) is 4.68 Å². The fourth-order valence-corrected chi connectivity index (χ4v) is 3.83. The molecule has 28 heavy (non-hydrogen) atoms. The fourth-order valence-electron chi connectivity index (χ4n) is 2.71. The van der Waals surface area contributed by atoms with Crippen LogP contribution in [0.25, 0.3) is 0 Å². The molecular weight excluding hydrogens is 374 g/mol. The average molecular weight is 406 g/mol. The van der Waals surface area contributed by atoms with Crippen LogP contribution in [0.5, 0.6) is 5.75 Å². The summed E-state index contributed by atoms with van der Waals surface area (Å²) in [4.78, 5) is 14.0. The lowest BCUT2D eigenvalue weighted by Gasteiger charge is -2.22. The van der Waals surface area contributed by atoms with Crippen LogP contribution >= 0.6 is 11.8 Å². The van der Waals surface area contributed by atoms with Gasteiger partial charge >= 0.3 is 0 Å². The van der Waals surface area contributed by atoms with E-state index in [4.69, 9.17) is 10.6 Å². The Labute approximate surface area is 171 Å². The second kappa shape index (κ2) is 9.32. The number of carbonyl (C=O) groups is 1. The number of nitrogen functional groups attached to an aromatic ring is 1. The average Bonchev–Trinajstić information content (AvgIpc) is 2.96. The van der Waals surface area contributed by atoms with Gasteiger partial charge in [-0.1, -0.05) is 51.6 Å². The van der Waals surface area contributed by atoms with E-state index in [1.165, 1.54) is 16.4 Å². The van der Waals surface area contributed by atoms with E-state index < -0.39 is 0 Å². The van der Waals surface area contributed by atoms with Gasteiger partial charge in [0, 0.05) is 14.1 Å². The van der Waals surface area contributed by atoms with Crippen molar-refractivity contribution < 1.29 is 9.53 Å². The summed E-state index contributed by atoms with van der Waals surface area (Å²) in [6.45, 7) is 10.5. The Kier molecular flexibility index (Phi) is 7.35. The molecule has 8 heteroatoms. The van der Waals surface area contributed by atoms with E-state index in [1.54, 1.807) is 19.0 Å². The van der Waals surface area contributed by atoms with Crippen LogP contribution in [0.1, 0.15) is 50.6 Å². The number of carbonyl (C=O) groups excluding carboxylic acids is 1. The molecule has 7 nitrogen and oxygen atoms in total. The molecule has 0 saturated carbocycles. The standard InChI is InChI=1S/C20H31N5O2S/c1-12(2)15-9-8-14(5)10-16(15)27-11-17-22-23-20(25(17)21)28-18(13(3)4)19(26)24(6)7/h8-10,12-13,18H,11,21H2,1-7H3. The number of amides is 1. The van der Waals surface area contributed by atoms with Crippen LogP contribution < -0.4 is 10.6 Å². The van der Waals surface area contributed by atoms with Crippen LogP contribution in [-0.4, -0.2) is 45.0 Å². The second-order valence-corrected chi connectivity index (χ2v) is 8.88. The summed E-state index contributed by atoms with van der Waals surface area (Å²) in [5.74, 6) is 8.04. The molecule has 1 aromatic heterocycles. The smallest absolute Gasteiger partial charge is 0.235 e. The Balaban J connectivity index is 2.15. The quantitative estimate of drug-likeness (QED) is 0.536. The second-order valence-electron chi connectivity index (χ2n) is 7.77. The maximum absolute atomic E-state index is 12.4. The summed E-state index contributed by atoms with van der Waals surface area (Å²) >= 11 is 1.33. The van der Waals surface area contributed by atoms with E-state index in [0.717, 1.165) is 16.9 Å². The highest BCUT2D eigenvalue weighted by Crippen LogP contribution is 2.30. The van der Waals surface area contributed by atoms with Gasteiger partial charge in [0.1, 0.15) is 12.4 Å². The number of nitrogens with zero attached hydrogens (tertiary/aromatic N) is 4. The van der Waals surface area contributed by atoms with Crippen molar-refractivity contribution in [1.82, 2.24) is 19.8 Å². The predicted molar refractivity (Wildman–Crippen MR) is 113 cm³/mol. The van der Waals surface area contributed by atoms with Crippen molar-refractivity contribution in [2.24, 2.45) is 5.92 Å². The first-order chi connectivity index (χ1) is 13.1. The maximum Gasteiger partial charge on any atom is 0.235 e. The van der Waals surface area contributed by atoms with E-state index >= 15 is 0 Å². The molecule has 154 valence electrons. The number of thioether (sulfide) groups is 1. The molecule has 0 saturated heterocycles. The van der Waals surface area contributed by atoms with Crippen molar-refractivity contribution in [1.29, 1.82) is 0 Å². The Hall–Kier alpha value is -2.22. The van der Waals surface area contributed by atoms with Gasteiger partial charge in [0.2, 0.25) is 11.1 Å². The van der Waals surface area contributed by atoms with Crippen LogP contribution in [0.4, 0.5) is 0 Å². The lowest BCUT2D eigenvalue weighted by Crippen LogP contribution is -2.35. The summed E-state index contributed by atoms with van der Waals surface area (Å²) in [5, 5.41) is 8.55. The van der Waals surface area contributed by atoms with Crippen molar-refractivity contribution in [3.63, 3.8) is 0 Å². The normalized spacial score (nSPS) is 12.5. The SMILES string of the molecule is Cc1ccc(C(C)C)c(OCc2nnc(SC(C(=O)N(C)C)C(C)C)n2N)c1. The molecule has 0 aliphatic carbocycles. The van der Waals surface area contributed by atoms with Crippen molar-refractivity contribution in [2.75, 3.05) is 19.9 Å². The van der Waals surface area contributed by atoms with Gasteiger partial charge in [-0.15, -0.1) is 10.2 Å². The number of benzene rings is 1. The summed E-state index contributed by atoms with van der Waals surface area (Å²) in [7, 11) is 3.50. The van der Waals surface area contributed by atoms with Gasteiger partial charge in [0.15, 0.2) is 5.82 Å². The van der Waals surface area contributed by atoms with Gasteiger partial charge in [-0.3, -0.25) is 4.79 Å². The van der Waals surface area contributed by atoms with Crippen molar-refractivity contribution in [3.8, 4) is 5.75 Å². The fraction of sp³-hybridized carbons (Fsp3) is 0.550. The minimum absolute atomic E-state index is 0.0298. The van der Waals surface area contributed by atoms with E-state index in [9.17, 15) is 4.79 Å². The Morgan fingerprint density at radius 1 is 1.25 bits per heavy atom. The zero-order valence-electron chi connectivity index (χ0n) is 17.8. The number of aryl methyl sites for hydroxylation is 1. The first-order valence-electron chi connectivity index (χ1n) is 9.42. The topological polar surface area (TPSA) is 86.3 Å². The molecule has 1 heterocycles. The van der Waals surface area contributed by atoms with Crippen LogP contribution in [0.3, 0.4) is 0 Å². The molecular formula is C20H31N5O2S. The monoisotopic (exact) mass is 405 g/mol. The molecule has 0 aliphatic rings. The minimum atomic E-state index is -0.278. The van der Waals surface area contributed by atoms with Crippen molar-refractivity contribution in [2.45, 2.75) is 57.5 Å². The van der Waals surface area contributed by atoms with E-state index in [2.05, 4.69) is 36.2 Å².